The predicted octanol–water partition coefficient (Wildman–Crippen LogP) is 1.89. The van der Waals surface area contributed by atoms with Crippen molar-refractivity contribution < 1.29 is 4.79 Å². The van der Waals surface area contributed by atoms with Gasteiger partial charge in [-0.3, -0.25) is 9.69 Å². The number of para-hydroxylation sites is 1. The maximum atomic E-state index is 12.1. The molecule has 3 heteroatoms. The van der Waals surface area contributed by atoms with Crippen LogP contribution in [0.15, 0.2) is 30.3 Å². The number of piperidine rings is 1. The van der Waals surface area contributed by atoms with E-state index in [9.17, 15) is 4.79 Å². The van der Waals surface area contributed by atoms with E-state index >= 15 is 0 Å². The van der Waals surface area contributed by atoms with Gasteiger partial charge in [-0.1, -0.05) is 24.6 Å². The molecule has 0 spiro atoms. The van der Waals surface area contributed by atoms with Crippen LogP contribution in [0, 0.1) is 0 Å². The van der Waals surface area contributed by atoms with Crippen molar-refractivity contribution in [3.05, 3.63) is 30.3 Å². The number of piperazine rings is 1. The SMILES string of the molecule is O=C1CN2CCCCC2CN1c1ccccc1. The Labute approximate surface area is 102 Å². The second-order valence-electron chi connectivity index (χ2n) is 4.96. The van der Waals surface area contributed by atoms with Gasteiger partial charge in [-0.25, -0.2) is 0 Å². The zero-order valence-electron chi connectivity index (χ0n) is 10.0. The smallest absolute Gasteiger partial charge is 0.241 e. The highest BCUT2D eigenvalue weighted by Crippen LogP contribution is 2.25. The fourth-order valence-electron chi connectivity index (χ4n) is 2.90. The van der Waals surface area contributed by atoms with Crippen LogP contribution in [0.1, 0.15) is 19.3 Å². The van der Waals surface area contributed by atoms with Crippen molar-refractivity contribution in [1.82, 2.24) is 4.90 Å². The second kappa shape index (κ2) is 4.49. The number of fused-ring (bicyclic) bond motifs is 1. The minimum atomic E-state index is 0.245. The van der Waals surface area contributed by atoms with E-state index in [0.29, 0.717) is 12.6 Å². The topological polar surface area (TPSA) is 23.6 Å². The quantitative estimate of drug-likeness (QED) is 0.735. The van der Waals surface area contributed by atoms with Gasteiger partial charge in [0.1, 0.15) is 0 Å². The number of hydrogen-bond donors (Lipinski definition) is 0. The van der Waals surface area contributed by atoms with E-state index in [1.54, 1.807) is 0 Å². The monoisotopic (exact) mass is 230 g/mol. The number of carbonyl (C=O) groups excluding carboxylic acids is 1. The Hall–Kier alpha value is -1.35. The molecule has 2 fully saturated rings. The third kappa shape index (κ3) is 2.07. The highest BCUT2D eigenvalue weighted by molar-refractivity contribution is 5.95. The molecular formula is C14H18N2O. The van der Waals surface area contributed by atoms with Crippen molar-refractivity contribution in [2.24, 2.45) is 0 Å². The van der Waals surface area contributed by atoms with Crippen LogP contribution in [-0.4, -0.2) is 36.5 Å². The van der Waals surface area contributed by atoms with Gasteiger partial charge in [-0.2, -0.15) is 0 Å². The summed E-state index contributed by atoms with van der Waals surface area (Å²) in [6, 6.07) is 10.6. The van der Waals surface area contributed by atoms with Crippen LogP contribution < -0.4 is 4.90 Å². The standard InChI is InChI=1S/C14H18N2O/c17-14-11-15-9-5-4-8-13(15)10-16(14)12-6-2-1-3-7-12/h1-3,6-7,13H,4-5,8-11H2. The van der Waals surface area contributed by atoms with Crippen molar-refractivity contribution in [2.75, 3.05) is 24.5 Å². The molecular weight excluding hydrogens is 212 g/mol. The third-order valence-corrected chi connectivity index (χ3v) is 3.85. The number of amides is 1. The molecule has 90 valence electrons. The van der Waals surface area contributed by atoms with Crippen molar-refractivity contribution >= 4 is 11.6 Å². The normalized spacial score (nSPS) is 25.8. The van der Waals surface area contributed by atoms with Crippen LogP contribution >= 0.6 is 0 Å². The Morgan fingerprint density at radius 3 is 2.76 bits per heavy atom. The minimum Gasteiger partial charge on any atom is -0.310 e. The molecule has 1 aromatic carbocycles. The lowest BCUT2D eigenvalue weighted by Gasteiger charge is -2.43. The second-order valence-corrected chi connectivity index (χ2v) is 4.96. The summed E-state index contributed by atoms with van der Waals surface area (Å²) < 4.78 is 0. The van der Waals surface area contributed by atoms with Crippen LogP contribution in [0.2, 0.25) is 0 Å². The third-order valence-electron chi connectivity index (χ3n) is 3.85. The minimum absolute atomic E-state index is 0.245. The lowest BCUT2D eigenvalue weighted by Crippen LogP contribution is -2.57. The highest BCUT2D eigenvalue weighted by Gasteiger charge is 2.33. The van der Waals surface area contributed by atoms with Crippen LogP contribution in [0.25, 0.3) is 0 Å². The van der Waals surface area contributed by atoms with Gasteiger partial charge >= 0.3 is 0 Å². The molecule has 3 nitrogen and oxygen atoms in total. The molecule has 1 unspecified atom stereocenters. The van der Waals surface area contributed by atoms with Gasteiger partial charge in [-0.05, 0) is 31.5 Å². The van der Waals surface area contributed by atoms with Gasteiger partial charge in [0.25, 0.3) is 0 Å². The van der Waals surface area contributed by atoms with E-state index in [1.165, 1.54) is 19.3 Å². The average molecular weight is 230 g/mol. The Bertz CT molecular complexity index is 404. The number of benzene rings is 1. The van der Waals surface area contributed by atoms with E-state index in [0.717, 1.165) is 18.8 Å². The van der Waals surface area contributed by atoms with Crippen LogP contribution in [-0.2, 0) is 4.79 Å². The Kier molecular flexibility index (Phi) is 2.85. The lowest BCUT2D eigenvalue weighted by molar-refractivity contribution is -0.123. The number of rotatable bonds is 1. The van der Waals surface area contributed by atoms with E-state index in [1.807, 2.05) is 35.2 Å². The molecule has 1 aromatic rings. The fourth-order valence-corrected chi connectivity index (χ4v) is 2.90. The van der Waals surface area contributed by atoms with E-state index in [-0.39, 0.29) is 5.91 Å². The van der Waals surface area contributed by atoms with Gasteiger partial charge in [0.05, 0.1) is 6.54 Å². The lowest BCUT2D eigenvalue weighted by atomic mass is 9.99. The largest absolute Gasteiger partial charge is 0.310 e. The first-order valence-corrected chi connectivity index (χ1v) is 6.44. The molecule has 2 heterocycles. The number of carbonyl (C=O) groups is 1. The van der Waals surface area contributed by atoms with Crippen LogP contribution in [0.5, 0.6) is 0 Å². The summed E-state index contributed by atoms with van der Waals surface area (Å²) in [6.45, 7) is 2.56. The van der Waals surface area contributed by atoms with Crippen molar-refractivity contribution in [3.8, 4) is 0 Å². The molecule has 2 aliphatic heterocycles. The summed E-state index contributed by atoms with van der Waals surface area (Å²) in [6.07, 6.45) is 3.78. The molecule has 0 aromatic heterocycles. The molecule has 1 amide bonds. The first-order chi connectivity index (χ1) is 8.34. The summed E-state index contributed by atoms with van der Waals surface area (Å²) in [5.74, 6) is 0.245. The van der Waals surface area contributed by atoms with E-state index in [4.69, 9.17) is 0 Å². The molecule has 17 heavy (non-hydrogen) atoms. The zero-order chi connectivity index (χ0) is 11.7. The van der Waals surface area contributed by atoms with Crippen molar-refractivity contribution in [1.29, 1.82) is 0 Å². The average Bonchev–Trinajstić information content (AvgIpc) is 2.39. The molecule has 3 rings (SSSR count). The number of anilines is 1. The first-order valence-electron chi connectivity index (χ1n) is 6.44. The summed E-state index contributed by atoms with van der Waals surface area (Å²) in [7, 11) is 0. The molecule has 1 atom stereocenters. The van der Waals surface area contributed by atoms with Crippen molar-refractivity contribution in [2.45, 2.75) is 25.3 Å². The summed E-state index contributed by atoms with van der Waals surface area (Å²) >= 11 is 0. The zero-order valence-corrected chi connectivity index (χ0v) is 10.0. The molecule has 0 N–H and O–H groups in total. The van der Waals surface area contributed by atoms with Crippen molar-refractivity contribution in [3.63, 3.8) is 0 Å². The van der Waals surface area contributed by atoms with Gasteiger partial charge < -0.3 is 4.90 Å². The molecule has 0 bridgehead atoms. The van der Waals surface area contributed by atoms with E-state index in [2.05, 4.69) is 4.90 Å². The molecule has 0 radical (unpaired) electrons. The van der Waals surface area contributed by atoms with Gasteiger partial charge in [0.2, 0.25) is 5.91 Å². The molecule has 0 saturated carbocycles. The Balaban J connectivity index is 1.80. The highest BCUT2D eigenvalue weighted by atomic mass is 16.2. The molecule has 0 aliphatic carbocycles. The van der Waals surface area contributed by atoms with Crippen LogP contribution in [0.3, 0.4) is 0 Å². The maximum Gasteiger partial charge on any atom is 0.241 e. The van der Waals surface area contributed by atoms with Gasteiger partial charge in [-0.15, -0.1) is 0 Å². The van der Waals surface area contributed by atoms with Gasteiger partial charge in [0, 0.05) is 18.3 Å². The summed E-state index contributed by atoms with van der Waals surface area (Å²) in [5, 5.41) is 0. The van der Waals surface area contributed by atoms with E-state index < -0.39 is 0 Å². The Morgan fingerprint density at radius 1 is 1.12 bits per heavy atom. The van der Waals surface area contributed by atoms with Gasteiger partial charge in [0.15, 0.2) is 0 Å². The molecule has 2 saturated heterocycles. The summed E-state index contributed by atoms with van der Waals surface area (Å²) in [4.78, 5) is 16.4. The van der Waals surface area contributed by atoms with Crippen LogP contribution in [0.4, 0.5) is 5.69 Å². The Morgan fingerprint density at radius 2 is 1.94 bits per heavy atom. The fraction of sp³-hybridized carbons (Fsp3) is 0.500. The molecule has 2 aliphatic rings. The number of nitrogens with zero attached hydrogens (tertiary/aromatic N) is 2. The number of hydrogen-bond acceptors (Lipinski definition) is 2. The maximum absolute atomic E-state index is 12.1. The summed E-state index contributed by atoms with van der Waals surface area (Å²) in [5.41, 5.74) is 1.04. The first kappa shape index (κ1) is 10.8. The predicted molar refractivity (Wildman–Crippen MR) is 68.0 cm³/mol.